The molecule has 0 aromatic heterocycles. The van der Waals surface area contributed by atoms with Gasteiger partial charge in [-0.05, 0) is 67.3 Å². The van der Waals surface area contributed by atoms with Crippen LogP contribution in [0.1, 0.15) is 88.8 Å². The molecule has 0 aliphatic heterocycles. The highest BCUT2D eigenvalue weighted by Crippen LogP contribution is 2.27. The van der Waals surface area contributed by atoms with Gasteiger partial charge >= 0.3 is 6.16 Å². The first-order valence-corrected chi connectivity index (χ1v) is 11.8. The van der Waals surface area contributed by atoms with E-state index in [4.69, 9.17) is 9.47 Å². The van der Waals surface area contributed by atoms with Crippen LogP contribution in [0.4, 0.5) is 4.79 Å². The smallest absolute Gasteiger partial charge is 0.394 e. The van der Waals surface area contributed by atoms with Gasteiger partial charge in [0.1, 0.15) is 11.5 Å². The van der Waals surface area contributed by atoms with Crippen molar-refractivity contribution in [3.8, 4) is 11.5 Å². The summed E-state index contributed by atoms with van der Waals surface area (Å²) in [5.74, 6) is 1.25. The highest BCUT2D eigenvalue weighted by atomic mass is 16.7. The van der Waals surface area contributed by atoms with Gasteiger partial charge in [0.15, 0.2) is 0 Å². The Morgan fingerprint density at radius 2 is 1.23 bits per heavy atom. The van der Waals surface area contributed by atoms with Crippen LogP contribution in [-0.2, 0) is 19.3 Å². The quantitative estimate of drug-likeness (QED) is 0.190. The van der Waals surface area contributed by atoms with E-state index in [-0.39, 0.29) is 0 Å². The number of ether oxygens (including phenoxy) is 2. The first-order chi connectivity index (χ1) is 14.7. The van der Waals surface area contributed by atoms with Crippen molar-refractivity contribution < 1.29 is 14.3 Å². The van der Waals surface area contributed by atoms with Crippen LogP contribution in [-0.4, -0.2) is 6.16 Å². The fourth-order valence-corrected chi connectivity index (χ4v) is 3.70. The average molecular weight is 411 g/mol. The van der Waals surface area contributed by atoms with Crippen LogP contribution in [0, 0.1) is 0 Å². The molecule has 2 aromatic rings. The van der Waals surface area contributed by atoms with Gasteiger partial charge in [-0.2, -0.15) is 0 Å². The van der Waals surface area contributed by atoms with E-state index < -0.39 is 6.16 Å². The van der Waals surface area contributed by atoms with Crippen LogP contribution in [0.15, 0.2) is 42.5 Å². The van der Waals surface area contributed by atoms with E-state index in [1.54, 1.807) is 0 Å². The molecule has 0 amide bonds. The van der Waals surface area contributed by atoms with Crippen molar-refractivity contribution in [2.45, 2.75) is 91.4 Å². The van der Waals surface area contributed by atoms with E-state index in [9.17, 15) is 4.79 Å². The van der Waals surface area contributed by atoms with Crippen molar-refractivity contribution in [2.75, 3.05) is 0 Å². The summed E-state index contributed by atoms with van der Waals surface area (Å²) < 4.78 is 11.3. The first-order valence-electron chi connectivity index (χ1n) is 11.8. The number of para-hydroxylation sites is 1. The lowest BCUT2D eigenvalue weighted by Crippen LogP contribution is -2.16. The summed E-state index contributed by atoms with van der Waals surface area (Å²) in [5.41, 5.74) is 3.50. The van der Waals surface area contributed by atoms with Gasteiger partial charge in [0.25, 0.3) is 0 Å². The van der Waals surface area contributed by atoms with Crippen molar-refractivity contribution in [3.05, 3.63) is 59.2 Å². The van der Waals surface area contributed by atoms with Crippen LogP contribution in [0.2, 0.25) is 0 Å². The molecule has 0 N–H and O–H groups in total. The summed E-state index contributed by atoms with van der Waals surface area (Å²) in [4.78, 5) is 12.6. The molecule has 0 saturated heterocycles. The highest BCUT2D eigenvalue weighted by molar-refractivity contribution is 5.68. The van der Waals surface area contributed by atoms with Crippen LogP contribution in [0.25, 0.3) is 0 Å². The molecule has 2 aromatic carbocycles. The van der Waals surface area contributed by atoms with Crippen LogP contribution in [0.3, 0.4) is 0 Å². The lowest BCUT2D eigenvalue weighted by atomic mass is 9.97. The molecule has 0 fully saturated rings. The van der Waals surface area contributed by atoms with E-state index in [2.05, 4.69) is 26.8 Å². The third kappa shape index (κ3) is 7.85. The molecular weight excluding hydrogens is 372 g/mol. The number of hydrogen-bond donors (Lipinski definition) is 0. The number of benzene rings is 2. The zero-order valence-electron chi connectivity index (χ0n) is 19.0. The first kappa shape index (κ1) is 24.0. The Morgan fingerprint density at radius 1 is 0.633 bits per heavy atom. The number of rotatable bonds is 13. The van der Waals surface area contributed by atoms with Gasteiger partial charge in [-0.1, -0.05) is 83.2 Å². The van der Waals surface area contributed by atoms with Crippen molar-refractivity contribution in [2.24, 2.45) is 0 Å². The van der Waals surface area contributed by atoms with Crippen LogP contribution in [0.5, 0.6) is 11.5 Å². The zero-order valence-corrected chi connectivity index (χ0v) is 19.0. The number of aryl methyl sites for hydroxylation is 2. The third-order valence-electron chi connectivity index (χ3n) is 5.47. The van der Waals surface area contributed by atoms with Crippen molar-refractivity contribution in [1.29, 1.82) is 0 Å². The molecule has 2 rings (SSSR count). The van der Waals surface area contributed by atoms with Gasteiger partial charge in [0, 0.05) is 0 Å². The molecule has 164 valence electrons. The Labute approximate surface area is 182 Å². The van der Waals surface area contributed by atoms with Gasteiger partial charge in [0.2, 0.25) is 0 Å². The lowest BCUT2D eigenvalue weighted by Gasteiger charge is -2.15. The normalized spacial score (nSPS) is 10.8. The van der Waals surface area contributed by atoms with Crippen molar-refractivity contribution in [1.82, 2.24) is 0 Å². The molecular formula is C27H38O3. The third-order valence-corrected chi connectivity index (χ3v) is 5.47. The Bertz CT molecular complexity index is 766. The summed E-state index contributed by atoms with van der Waals surface area (Å²) in [6.45, 7) is 6.59. The van der Waals surface area contributed by atoms with Gasteiger partial charge in [-0.3, -0.25) is 0 Å². The molecule has 0 unspecified atom stereocenters. The number of carbonyl (C=O) groups is 1. The predicted molar refractivity (Wildman–Crippen MR) is 125 cm³/mol. The summed E-state index contributed by atoms with van der Waals surface area (Å²) in [6, 6.07) is 13.8. The van der Waals surface area contributed by atoms with E-state index in [0.29, 0.717) is 11.5 Å². The summed E-state index contributed by atoms with van der Waals surface area (Å²) in [5, 5.41) is 0. The largest absolute Gasteiger partial charge is 0.519 e. The molecule has 0 bridgehead atoms. The molecule has 0 radical (unpaired) electrons. The van der Waals surface area contributed by atoms with E-state index in [0.717, 1.165) is 62.5 Å². The van der Waals surface area contributed by atoms with Gasteiger partial charge in [-0.25, -0.2) is 4.79 Å². The minimum atomic E-state index is -0.651. The minimum absolute atomic E-state index is 0.608. The lowest BCUT2D eigenvalue weighted by molar-refractivity contribution is 0.151. The fourth-order valence-electron chi connectivity index (χ4n) is 3.70. The predicted octanol–water partition coefficient (Wildman–Crippen LogP) is 8.07. The molecule has 0 saturated carbocycles. The second-order valence-corrected chi connectivity index (χ2v) is 7.97. The summed E-state index contributed by atoms with van der Waals surface area (Å²) >= 11 is 0. The van der Waals surface area contributed by atoms with E-state index in [1.165, 1.54) is 24.8 Å². The Morgan fingerprint density at radius 3 is 2.00 bits per heavy atom. The average Bonchev–Trinajstić information content (AvgIpc) is 2.75. The maximum absolute atomic E-state index is 12.6. The molecule has 0 atom stereocenters. The SMILES string of the molecule is CCCCCCc1ccccc1OC(=O)Oc1cccc(CCCC)c1CCCC. The number of carbonyl (C=O) groups excluding carboxylic acids is 1. The topological polar surface area (TPSA) is 35.5 Å². The monoisotopic (exact) mass is 410 g/mol. The molecule has 3 heteroatoms. The standard InChI is InChI=1S/C27H38O3/c1-4-7-10-11-16-23-17-12-13-20-25(23)29-27(28)30-26-21-14-18-22(15-8-5-2)24(26)19-9-6-3/h12-14,17-18,20-21H,4-11,15-16,19H2,1-3H3. The molecule has 0 heterocycles. The summed E-state index contributed by atoms with van der Waals surface area (Å²) in [7, 11) is 0. The highest BCUT2D eigenvalue weighted by Gasteiger charge is 2.16. The van der Waals surface area contributed by atoms with Crippen LogP contribution >= 0.6 is 0 Å². The summed E-state index contributed by atoms with van der Waals surface area (Å²) in [6.07, 6.45) is 11.4. The molecule has 30 heavy (non-hydrogen) atoms. The maximum Gasteiger partial charge on any atom is 0.519 e. The van der Waals surface area contributed by atoms with E-state index >= 15 is 0 Å². The maximum atomic E-state index is 12.6. The van der Waals surface area contributed by atoms with Crippen molar-refractivity contribution in [3.63, 3.8) is 0 Å². The van der Waals surface area contributed by atoms with Gasteiger partial charge < -0.3 is 9.47 Å². The molecule has 0 aliphatic rings. The second-order valence-electron chi connectivity index (χ2n) is 7.97. The number of unbranched alkanes of at least 4 members (excludes halogenated alkanes) is 5. The Hall–Kier alpha value is -2.29. The molecule has 3 nitrogen and oxygen atoms in total. The van der Waals surface area contributed by atoms with Gasteiger partial charge in [-0.15, -0.1) is 0 Å². The minimum Gasteiger partial charge on any atom is -0.394 e. The van der Waals surface area contributed by atoms with E-state index in [1.807, 2.05) is 36.4 Å². The van der Waals surface area contributed by atoms with Gasteiger partial charge in [0.05, 0.1) is 0 Å². The zero-order chi connectivity index (χ0) is 21.6. The number of hydrogen-bond acceptors (Lipinski definition) is 3. The molecule has 0 aliphatic carbocycles. The fraction of sp³-hybridized carbons (Fsp3) is 0.519. The Kier molecular flexibility index (Phi) is 11.1. The van der Waals surface area contributed by atoms with Crippen molar-refractivity contribution >= 4 is 6.16 Å². The second kappa shape index (κ2) is 13.8. The van der Waals surface area contributed by atoms with Crippen LogP contribution < -0.4 is 9.47 Å². The Balaban J connectivity index is 2.09. The molecule has 0 spiro atoms.